The molecule has 0 aromatic heterocycles. The zero-order valence-corrected chi connectivity index (χ0v) is 11.5. The van der Waals surface area contributed by atoms with E-state index in [1.54, 1.807) is 0 Å². The van der Waals surface area contributed by atoms with Gasteiger partial charge in [-0.25, -0.2) is 0 Å². The van der Waals surface area contributed by atoms with Gasteiger partial charge in [-0.3, -0.25) is 0 Å². The minimum atomic E-state index is -0.840. The van der Waals surface area contributed by atoms with Gasteiger partial charge in [0.2, 0.25) is 0 Å². The highest BCUT2D eigenvalue weighted by Crippen LogP contribution is 2.11. The lowest BCUT2D eigenvalue weighted by Gasteiger charge is -2.11. The third-order valence-corrected chi connectivity index (χ3v) is 4.30. The summed E-state index contributed by atoms with van der Waals surface area (Å²) in [5.41, 5.74) is 2.68. The lowest BCUT2D eigenvalue weighted by Crippen LogP contribution is -2.27. The molecule has 1 atom stereocenters. The van der Waals surface area contributed by atoms with Crippen molar-refractivity contribution in [2.75, 3.05) is 12.3 Å². The van der Waals surface area contributed by atoms with Gasteiger partial charge in [-0.05, 0) is 43.2 Å². The molecule has 0 radical (unpaired) electrons. The van der Waals surface area contributed by atoms with Crippen LogP contribution in [0.1, 0.15) is 36.8 Å². The second-order valence-electron chi connectivity index (χ2n) is 4.69. The molecule has 0 amide bonds. The summed E-state index contributed by atoms with van der Waals surface area (Å²) < 4.78 is 14.7. The van der Waals surface area contributed by atoms with Crippen LogP contribution in [-0.2, 0) is 17.8 Å². The van der Waals surface area contributed by atoms with Crippen molar-refractivity contribution >= 4 is 17.4 Å². The molecule has 1 aromatic rings. The van der Waals surface area contributed by atoms with Gasteiger partial charge < -0.3 is 4.55 Å². The first-order chi connectivity index (χ1) is 8.84. The summed E-state index contributed by atoms with van der Waals surface area (Å²) >= 11 is -0.840. The molecular weight excluding hydrogens is 242 g/mol. The van der Waals surface area contributed by atoms with Gasteiger partial charge in [0.1, 0.15) is 5.75 Å². The van der Waals surface area contributed by atoms with Crippen LogP contribution in [0.4, 0.5) is 0 Å². The monoisotopic (exact) mass is 263 g/mol. The Balaban J connectivity index is 2.00. The molecule has 2 bridgehead atoms. The zero-order chi connectivity index (χ0) is 12.6. The van der Waals surface area contributed by atoms with E-state index in [0.29, 0.717) is 0 Å². The SMILES string of the molecule is [O-][S+]1CCCCc2cccc(c2)/C=C\CCCN1. The van der Waals surface area contributed by atoms with Gasteiger partial charge in [-0.1, -0.05) is 36.4 Å². The van der Waals surface area contributed by atoms with Crippen molar-refractivity contribution in [1.82, 2.24) is 4.72 Å². The molecule has 1 aliphatic rings. The third-order valence-electron chi connectivity index (χ3n) is 3.12. The fraction of sp³-hybridized carbons (Fsp3) is 0.467. The average molecular weight is 263 g/mol. The van der Waals surface area contributed by atoms with Gasteiger partial charge >= 0.3 is 0 Å². The van der Waals surface area contributed by atoms with Gasteiger partial charge in [-0.2, -0.15) is 0 Å². The molecule has 1 aromatic carbocycles. The highest BCUT2D eigenvalue weighted by molar-refractivity contribution is 7.89. The summed E-state index contributed by atoms with van der Waals surface area (Å²) in [6.07, 6.45) is 9.69. The van der Waals surface area contributed by atoms with Gasteiger partial charge in [0.15, 0.2) is 0 Å². The van der Waals surface area contributed by atoms with E-state index in [9.17, 15) is 4.55 Å². The van der Waals surface area contributed by atoms with Crippen LogP contribution in [-0.4, -0.2) is 16.9 Å². The molecule has 1 N–H and O–H groups in total. The van der Waals surface area contributed by atoms with Crippen LogP contribution < -0.4 is 4.72 Å². The highest BCUT2D eigenvalue weighted by atomic mass is 32.2. The van der Waals surface area contributed by atoms with Gasteiger partial charge in [0.05, 0.1) is 0 Å². The van der Waals surface area contributed by atoms with Gasteiger partial charge in [0, 0.05) is 17.9 Å². The molecule has 0 aliphatic carbocycles. The molecule has 0 saturated carbocycles. The number of allylic oxidation sites excluding steroid dienone is 1. The molecule has 0 fully saturated rings. The Bertz CT molecular complexity index is 392. The highest BCUT2D eigenvalue weighted by Gasteiger charge is 2.05. The van der Waals surface area contributed by atoms with Crippen molar-refractivity contribution in [3.05, 3.63) is 41.5 Å². The Hall–Kier alpha value is -0.770. The first-order valence-electron chi connectivity index (χ1n) is 6.72. The van der Waals surface area contributed by atoms with Crippen LogP contribution in [0.15, 0.2) is 30.3 Å². The molecule has 1 aliphatic heterocycles. The third kappa shape index (κ3) is 4.84. The minimum Gasteiger partial charge on any atom is -0.598 e. The zero-order valence-electron chi connectivity index (χ0n) is 10.7. The predicted octanol–water partition coefficient (Wildman–Crippen LogP) is 3.07. The van der Waals surface area contributed by atoms with E-state index in [4.69, 9.17) is 0 Å². The number of nitrogens with one attached hydrogen (secondary N) is 1. The van der Waals surface area contributed by atoms with Crippen LogP contribution in [0.3, 0.4) is 0 Å². The average Bonchev–Trinajstić information content (AvgIpc) is 2.38. The molecule has 98 valence electrons. The number of fused-ring (bicyclic) bond motifs is 2. The first kappa shape index (κ1) is 13.7. The van der Waals surface area contributed by atoms with Crippen LogP contribution in [0.25, 0.3) is 6.08 Å². The van der Waals surface area contributed by atoms with E-state index >= 15 is 0 Å². The molecule has 0 saturated heterocycles. The Morgan fingerprint density at radius 2 is 2.11 bits per heavy atom. The number of rotatable bonds is 0. The maximum absolute atomic E-state index is 11.6. The van der Waals surface area contributed by atoms with E-state index in [0.717, 1.165) is 44.4 Å². The van der Waals surface area contributed by atoms with E-state index in [1.807, 2.05) is 0 Å². The smallest absolute Gasteiger partial charge is 0.125 e. The van der Waals surface area contributed by atoms with Crippen molar-refractivity contribution in [2.24, 2.45) is 0 Å². The molecule has 3 heteroatoms. The van der Waals surface area contributed by atoms with Crippen LogP contribution in [0.5, 0.6) is 0 Å². The number of benzene rings is 1. The molecule has 2 rings (SSSR count). The van der Waals surface area contributed by atoms with E-state index in [1.165, 1.54) is 11.1 Å². The van der Waals surface area contributed by atoms with Crippen molar-refractivity contribution in [3.8, 4) is 0 Å². The van der Waals surface area contributed by atoms with E-state index in [2.05, 4.69) is 41.1 Å². The first-order valence-corrected chi connectivity index (χ1v) is 8.04. The fourth-order valence-electron chi connectivity index (χ4n) is 2.11. The largest absolute Gasteiger partial charge is 0.598 e. The maximum Gasteiger partial charge on any atom is 0.125 e. The van der Waals surface area contributed by atoms with Crippen molar-refractivity contribution in [1.29, 1.82) is 0 Å². The fourth-order valence-corrected chi connectivity index (χ4v) is 3.09. The number of aryl methyl sites for hydroxylation is 1. The summed E-state index contributed by atoms with van der Waals surface area (Å²) in [6.45, 7) is 0.844. The maximum atomic E-state index is 11.6. The summed E-state index contributed by atoms with van der Waals surface area (Å²) in [7, 11) is 0. The van der Waals surface area contributed by atoms with Crippen LogP contribution >= 0.6 is 0 Å². The predicted molar refractivity (Wildman–Crippen MR) is 78.7 cm³/mol. The second-order valence-corrected chi connectivity index (χ2v) is 6.08. The topological polar surface area (TPSA) is 35.1 Å². The Morgan fingerprint density at radius 1 is 1.17 bits per heavy atom. The summed E-state index contributed by atoms with van der Waals surface area (Å²) in [6, 6.07) is 8.72. The lowest BCUT2D eigenvalue weighted by atomic mass is 10.0. The molecule has 1 heterocycles. The van der Waals surface area contributed by atoms with Crippen molar-refractivity contribution in [3.63, 3.8) is 0 Å². The van der Waals surface area contributed by atoms with Crippen molar-refractivity contribution < 1.29 is 4.55 Å². The quantitative estimate of drug-likeness (QED) is 0.730. The Labute approximate surface area is 113 Å². The summed E-state index contributed by atoms with van der Waals surface area (Å²) in [5, 5.41) is 0. The van der Waals surface area contributed by atoms with Crippen LogP contribution in [0.2, 0.25) is 0 Å². The molecule has 2 nitrogen and oxygen atoms in total. The van der Waals surface area contributed by atoms with Crippen LogP contribution in [0, 0.1) is 0 Å². The normalized spacial score (nSPS) is 24.2. The summed E-state index contributed by atoms with van der Waals surface area (Å²) in [4.78, 5) is 0. The molecule has 1 unspecified atom stereocenters. The van der Waals surface area contributed by atoms with Gasteiger partial charge in [-0.15, -0.1) is 4.72 Å². The van der Waals surface area contributed by atoms with E-state index in [-0.39, 0.29) is 0 Å². The van der Waals surface area contributed by atoms with E-state index < -0.39 is 11.4 Å². The minimum absolute atomic E-state index is 0.773. The number of hydrogen-bond acceptors (Lipinski definition) is 2. The molecule has 0 spiro atoms. The Kier molecular flexibility index (Phi) is 5.78. The molecule has 18 heavy (non-hydrogen) atoms. The van der Waals surface area contributed by atoms with Gasteiger partial charge in [0.25, 0.3) is 0 Å². The van der Waals surface area contributed by atoms with Crippen molar-refractivity contribution in [2.45, 2.75) is 32.1 Å². The lowest BCUT2D eigenvalue weighted by molar-refractivity contribution is 0.574. The molecular formula is C15H21NOS. The number of hydrogen-bond donors (Lipinski definition) is 1. The Morgan fingerprint density at radius 3 is 3.06 bits per heavy atom. The summed E-state index contributed by atoms with van der Waals surface area (Å²) in [5.74, 6) is 0.773. The standard InChI is InChI=1S/C15H21NOS/c17-18-12-5-3-8-15-10-6-9-14(13-15)7-2-1-4-11-16-18/h2,6-7,9-10,13,16H,1,3-5,8,11-12H2/b7-2-. The second kappa shape index (κ2) is 7.62.